The van der Waals surface area contributed by atoms with E-state index < -0.39 is 10.8 Å². The van der Waals surface area contributed by atoms with Crippen LogP contribution in [0.2, 0.25) is 5.02 Å². The molecule has 0 saturated heterocycles. The molecular formula is C18H17ClN2O4. The third kappa shape index (κ3) is 5.32. The lowest BCUT2D eigenvalue weighted by molar-refractivity contribution is -0.384. The van der Waals surface area contributed by atoms with Crippen LogP contribution in [0.15, 0.2) is 48.5 Å². The third-order valence-corrected chi connectivity index (χ3v) is 3.52. The predicted octanol–water partition coefficient (Wildman–Crippen LogP) is 4.69. The summed E-state index contributed by atoms with van der Waals surface area (Å²) in [6.07, 6.45) is 3.85. The highest BCUT2D eigenvalue weighted by Crippen LogP contribution is 2.27. The molecule has 0 spiro atoms. The molecule has 0 bridgehead atoms. The van der Waals surface area contributed by atoms with Crippen LogP contribution in [0, 0.1) is 10.1 Å². The highest BCUT2D eigenvalue weighted by atomic mass is 35.5. The molecule has 7 heteroatoms. The minimum Gasteiger partial charge on any atom is -0.493 e. The second-order valence-electron chi connectivity index (χ2n) is 5.13. The average Bonchev–Trinajstić information content (AvgIpc) is 2.60. The van der Waals surface area contributed by atoms with Gasteiger partial charge >= 0.3 is 0 Å². The smallest absolute Gasteiger partial charge is 0.289 e. The van der Waals surface area contributed by atoms with Gasteiger partial charge in [0.15, 0.2) is 0 Å². The van der Waals surface area contributed by atoms with Crippen molar-refractivity contribution >= 4 is 35.0 Å². The van der Waals surface area contributed by atoms with Crippen LogP contribution >= 0.6 is 11.6 Å². The number of benzene rings is 2. The Balaban J connectivity index is 2.09. The zero-order valence-electron chi connectivity index (χ0n) is 13.6. The van der Waals surface area contributed by atoms with Crippen molar-refractivity contribution in [3.63, 3.8) is 0 Å². The number of hydrogen-bond acceptors (Lipinski definition) is 4. The molecule has 0 radical (unpaired) electrons. The maximum absolute atomic E-state index is 12.0. The van der Waals surface area contributed by atoms with Crippen LogP contribution in [0.4, 0.5) is 11.4 Å². The van der Waals surface area contributed by atoms with Gasteiger partial charge in [-0.2, -0.15) is 0 Å². The van der Waals surface area contributed by atoms with Crippen LogP contribution < -0.4 is 10.1 Å². The number of carbonyl (C=O) groups is 1. The molecule has 0 saturated carbocycles. The van der Waals surface area contributed by atoms with Gasteiger partial charge in [-0.1, -0.05) is 36.7 Å². The minimum atomic E-state index is -0.602. The van der Waals surface area contributed by atoms with Crippen molar-refractivity contribution in [2.75, 3.05) is 11.9 Å². The fourth-order valence-electron chi connectivity index (χ4n) is 2.04. The zero-order chi connectivity index (χ0) is 18.2. The number of halogens is 1. The Hall–Kier alpha value is -2.86. The largest absolute Gasteiger partial charge is 0.493 e. The van der Waals surface area contributed by atoms with E-state index in [-0.39, 0.29) is 10.7 Å². The standard InChI is InChI=1S/C18H17ClN2O4/c1-2-11-25-17-6-4-3-5-13(17)7-10-18(22)20-14-8-9-15(19)16(12-14)21(23)24/h3-10,12H,2,11H2,1H3,(H,20,22). The zero-order valence-corrected chi connectivity index (χ0v) is 14.3. The molecule has 0 aliphatic heterocycles. The number of anilines is 1. The van der Waals surface area contributed by atoms with E-state index >= 15 is 0 Å². The van der Waals surface area contributed by atoms with E-state index in [9.17, 15) is 14.9 Å². The van der Waals surface area contributed by atoms with Gasteiger partial charge in [0.25, 0.3) is 5.69 Å². The summed E-state index contributed by atoms with van der Waals surface area (Å²) in [6.45, 7) is 2.60. The lowest BCUT2D eigenvalue weighted by Gasteiger charge is -2.07. The van der Waals surface area contributed by atoms with E-state index in [1.165, 1.54) is 24.3 Å². The minimum absolute atomic E-state index is 0.0144. The molecule has 1 N–H and O–H groups in total. The Morgan fingerprint density at radius 2 is 2.08 bits per heavy atom. The van der Waals surface area contributed by atoms with Crippen molar-refractivity contribution in [2.45, 2.75) is 13.3 Å². The average molecular weight is 361 g/mol. The summed E-state index contributed by atoms with van der Waals surface area (Å²) in [5.74, 6) is 0.275. The molecule has 130 valence electrons. The van der Waals surface area contributed by atoms with E-state index in [1.807, 2.05) is 31.2 Å². The van der Waals surface area contributed by atoms with Crippen LogP contribution in [-0.4, -0.2) is 17.4 Å². The number of ether oxygens (including phenoxy) is 1. The number of para-hydroxylation sites is 1. The fourth-order valence-corrected chi connectivity index (χ4v) is 2.23. The van der Waals surface area contributed by atoms with Crippen molar-refractivity contribution in [1.82, 2.24) is 0 Å². The lowest BCUT2D eigenvalue weighted by Crippen LogP contribution is -2.08. The van der Waals surface area contributed by atoms with Gasteiger partial charge in [0.2, 0.25) is 5.91 Å². The second kappa shape index (κ2) is 8.84. The van der Waals surface area contributed by atoms with Crippen LogP contribution in [0.3, 0.4) is 0 Å². The van der Waals surface area contributed by atoms with E-state index in [2.05, 4.69) is 5.32 Å². The summed E-state index contributed by atoms with van der Waals surface area (Å²) in [6, 6.07) is 11.4. The van der Waals surface area contributed by atoms with Gasteiger partial charge in [-0.25, -0.2) is 0 Å². The highest BCUT2D eigenvalue weighted by molar-refractivity contribution is 6.32. The Labute approximate surface area is 150 Å². The van der Waals surface area contributed by atoms with Crippen molar-refractivity contribution in [3.05, 3.63) is 69.2 Å². The van der Waals surface area contributed by atoms with Crippen molar-refractivity contribution < 1.29 is 14.5 Å². The molecule has 0 unspecified atom stereocenters. The third-order valence-electron chi connectivity index (χ3n) is 3.21. The Morgan fingerprint density at radius 1 is 1.32 bits per heavy atom. The Morgan fingerprint density at radius 3 is 2.80 bits per heavy atom. The molecule has 2 rings (SSSR count). The number of nitro groups is 1. The summed E-state index contributed by atoms with van der Waals surface area (Å²) in [4.78, 5) is 22.3. The first-order chi connectivity index (χ1) is 12.0. The van der Waals surface area contributed by atoms with Crippen LogP contribution in [0.1, 0.15) is 18.9 Å². The molecule has 6 nitrogen and oxygen atoms in total. The molecular weight excluding hydrogens is 344 g/mol. The summed E-state index contributed by atoms with van der Waals surface area (Å²) < 4.78 is 5.62. The van der Waals surface area contributed by atoms with E-state index in [1.54, 1.807) is 6.08 Å². The normalized spacial score (nSPS) is 10.6. The molecule has 0 aliphatic carbocycles. The number of carbonyl (C=O) groups excluding carboxylic acids is 1. The predicted molar refractivity (Wildman–Crippen MR) is 98.0 cm³/mol. The van der Waals surface area contributed by atoms with Crippen molar-refractivity contribution in [2.24, 2.45) is 0 Å². The number of nitrogens with one attached hydrogen (secondary N) is 1. The molecule has 0 fully saturated rings. The van der Waals surface area contributed by atoms with Crippen molar-refractivity contribution in [3.8, 4) is 5.75 Å². The maximum atomic E-state index is 12.0. The van der Waals surface area contributed by atoms with Crippen LogP contribution in [0.25, 0.3) is 6.08 Å². The van der Waals surface area contributed by atoms with Gasteiger partial charge in [0, 0.05) is 23.4 Å². The number of hydrogen-bond donors (Lipinski definition) is 1. The molecule has 0 atom stereocenters. The van der Waals surface area contributed by atoms with Crippen LogP contribution in [-0.2, 0) is 4.79 Å². The fraction of sp³-hybridized carbons (Fsp3) is 0.167. The van der Waals surface area contributed by atoms with Gasteiger partial charge in [0.05, 0.1) is 11.5 Å². The van der Waals surface area contributed by atoms with Gasteiger partial charge < -0.3 is 10.1 Å². The van der Waals surface area contributed by atoms with Gasteiger partial charge in [0.1, 0.15) is 10.8 Å². The molecule has 2 aromatic carbocycles. The monoisotopic (exact) mass is 360 g/mol. The first kappa shape index (κ1) is 18.5. The van der Waals surface area contributed by atoms with Crippen molar-refractivity contribution in [1.29, 1.82) is 0 Å². The first-order valence-corrected chi connectivity index (χ1v) is 8.04. The maximum Gasteiger partial charge on any atom is 0.289 e. The topological polar surface area (TPSA) is 81.5 Å². The van der Waals surface area contributed by atoms with E-state index in [0.717, 1.165) is 12.0 Å². The molecule has 25 heavy (non-hydrogen) atoms. The summed E-state index contributed by atoms with van der Waals surface area (Å²) in [5, 5.41) is 13.5. The van der Waals surface area contributed by atoms with E-state index in [4.69, 9.17) is 16.3 Å². The number of amides is 1. The van der Waals surface area contributed by atoms with E-state index in [0.29, 0.717) is 18.0 Å². The SMILES string of the molecule is CCCOc1ccccc1C=CC(=O)Nc1ccc(Cl)c([N+](=O)[O-])c1. The summed E-state index contributed by atoms with van der Waals surface area (Å²) in [5.41, 5.74) is 0.802. The summed E-state index contributed by atoms with van der Waals surface area (Å²) in [7, 11) is 0. The molecule has 0 aromatic heterocycles. The number of rotatable bonds is 7. The second-order valence-corrected chi connectivity index (χ2v) is 5.54. The number of nitro benzene ring substituents is 1. The van der Waals surface area contributed by atoms with Crippen LogP contribution in [0.5, 0.6) is 5.75 Å². The molecule has 0 heterocycles. The quantitative estimate of drug-likeness (QED) is 0.441. The molecule has 2 aromatic rings. The first-order valence-electron chi connectivity index (χ1n) is 7.66. The molecule has 0 aliphatic rings. The lowest BCUT2D eigenvalue weighted by atomic mass is 10.2. The summed E-state index contributed by atoms with van der Waals surface area (Å²) >= 11 is 5.75. The number of nitrogens with zero attached hydrogens (tertiary/aromatic N) is 1. The molecule has 1 amide bonds. The van der Waals surface area contributed by atoms with Gasteiger partial charge in [-0.3, -0.25) is 14.9 Å². The van der Waals surface area contributed by atoms with Gasteiger partial charge in [-0.05, 0) is 30.7 Å². The highest BCUT2D eigenvalue weighted by Gasteiger charge is 2.13. The Kier molecular flexibility index (Phi) is 6.54. The Bertz CT molecular complexity index is 805. The van der Waals surface area contributed by atoms with Gasteiger partial charge in [-0.15, -0.1) is 0 Å².